The maximum atomic E-state index is 6.17. The summed E-state index contributed by atoms with van der Waals surface area (Å²) in [5.41, 5.74) is 9.92. The molecule has 2 aromatic carbocycles. The second kappa shape index (κ2) is 6.36. The monoisotopic (exact) mass is 239 g/mol. The molecule has 0 saturated carbocycles. The fraction of sp³-hybridized carbons (Fsp3) is 0.294. The van der Waals surface area contributed by atoms with Gasteiger partial charge in [0.15, 0.2) is 0 Å². The first-order valence-corrected chi connectivity index (χ1v) is 6.72. The zero-order valence-electron chi connectivity index (χ0n) is 11.0. The summed E-state index contributed by atoms with van der Waals surface area (Å²) in [5.74, 6) is 0. The number of hydrogen-bond donors (Lipinski definition) is 1. The van der Waals surface area contributed by atoms with Crippen LogP contribution < -0.4 is 5.73 Å². The molecular formula is C17H21N. The lowest BCUT2D eigenvalue weighted by Gasteiger charge is -2.12. The predicted molar refractivity (Wildman–Crippen MR) is 78.3 cm³/mol. The van der Waals surface area contributed by atoms with Crippen LogP contribution in [-0.2, 0) is 0 Å². The van der Waals surface area contributed by atoms with Gasteiger partial charge in [-0.15, -0.1) is 0 Å². The van der Waals surface area contributed by atoms with Crippen LogP contribution in [0.3, 0.4) is 0 Å². The molecule has 0 bridgehead atoms. The fourth-order valence-electron chi connectivity index (χ4n) is 2.14. The smallest absolute Gasteiger partial charge is 0.0294 e. The van der Waals surface area contributed by atoms with Crippen molar-refractivity contribution in [2.45, 2.75) is 32.2 Å². The van der Waals surface area contributed by atoms with Crippen molar-refractivity contribution >= 4 is 0 Å². The molecule has 1 heteroatoms. The van der Waals surface area contributed by atoms with Gasteiger partial charge in [0.1, 0.15) is 0 Å². The lowest BCUT2D eigenvalue weighted by molar-refractivity contribution is 0.603. The van der Waals surface area contributed by atoms with E-state index in [1.165, 1.54) is 29.5 Å². The van der Waals surface area contributed by atoms with E-state index in [1.807, 2.05) is 6.07 Å². The second-order valence-electron chi connectivity index (χ2n) is 4.74. The Hall–Kier alpha value is -1.60. The Morgan fingerprint density at radius 2 is 1.50 bits per heavy atom. The minimum Gasteiger partial charge on any atom is -0.324 e. The van der Waals surface area contributed by atoms with Gasteiger partial charge in [0.2, 0.25) is 0 Å². The van der Waals surface area contributed by atoms with Gasteiger partial charge in [-0.1, -0.05) is 74.4 Å². The fourth-order valence-corrected chi connectivity index (χ4v) is 2.14. The van der Waals surface area contributed by atoms with Crippen LogP contribution in [-0.4, -0.2) is 0 Å². The summed E-state index contributed by atoms with van der Waals surface area (Å²) < 4.78 is 0. The third-order valence-electron chi connectivity index (χ3n) is 3.31. The van der Waals surface area contributed by atoms with E-state index in [9.17, 15) is 0 Å². The summed E-state index contributed by atoms with van der Waals surface area (Å²) >= 11 is 0. The van der Waals surface area contributed by atoms with Gasteiger partial charge in [0.05, 0.1) is 0 Å². The number of nitrogens with two attached hydrogens (primary N) is 1. The molecule has 0 aliphatic carbocycles. The van der Waals surface area contributed by atoms with Crippen molar-refractivity contribution in [2.24, 2.45) is 5.73 Å². The van der Waals surface area contributed by atoms with Crippen molar-refractivity contribution in [3.8, 4) is 11.1 Å². The first-order valence-electron chi connectivity index (χ1n) is 6.72. The Balaban J connectivity index is 2.10. The van der Waals surface area contributed by atoms with Gasteiger partial charge < -0.3 is 5.73 Å². The molecular weight excluding hydrogens is 218 g/mol. The summed E-state index contributed by atoms with van der Waals surface area (Å²) in [5, 5.41) is 0. The Bertz CT molecular complexity index is 459. The molecule has 94 valence electrons. The average Bonchev–Trinajstić information content (AvgIpc) is 2.46. The highest BCUT2D eigenvalue weighted by molar-refractivity contribution is 5.63. The number of benzene rings is 2. The summed E-state index contributed by atoms with van der Waals surface area (Å²) in [7, 11) is 0. The molecule has 2 rings (SSSR count). The van der Waals surface area contributed by atoms with Crippen LogP contribution in [0.1, 0.15) is 37.8 Å². The molecule has 0 aliphatic rings. The largest absolute Gasteiger partial charge is 0.324 e. The molecule has 18 heavy (non-hydrogen) atoms. The molecule has 0 fully saturated rings. The van der Waals surface area contributed by atoms with Crippen LogP contribution in [0.4, 0.5) is 0 Å². The van der Waals surface area contributed by atoms with Crippen molar-refractivity contribution in [3.05, 3.63) is 60.2 Å². The molecule has 0 radical (unpaired) electrons. The van der Waals surface area contributed by atoms with Gasteiger partial charge in [0.25, 0.3) is 0 Å². The van der Waals surface area contributed by atoms with Crippen LogP contribution in [0.5, 0.6) is 0 Å². The molecule has 1 nitrogen and oxygen atoms in total. The van der Waals surface area contributed by atoms with Gasteiger partial charge in [-0.05, 0) is 23.1 Å². The van der Waals surface area contributed by atoms with Crippen LogP contribution in [0, 0.1) is 0 Å². The molecule has 2 N–H and O–H groups in total. The molecule has 1 unspecified atom stereocenters. The number of hydrogen-bond acceptors (Lipinski definition) is 1. The molecule has 0 aromatic heterocycles. The average molecular weight is 239 g/mol. The van der Waals surface area contributed by atoms with Crippen molar-refractivity contribution < 1.29 is 0 Å². The highest BCUT2D eigenvalue weighted by Crippen LogP contribution is 2.22. The first-order chi connectivity index (χ1) is 8.81. The zero-order valence-corrected chi connectivity index (χ0v) is 11.0. The topological polar surface area (TPSA) is 26.0 Å². The van der Waals surface area contributed by atoms with Gasteiger partial charge in [-0.2, -0.15) is 0 Å². The van der Waals surface area contributed by atoms with Gasteiger partial charge in [-0.3, -0.25) is 0 Å². The molecule has 2 aromatic rings. The SMILES string of the molecule is CCCCC(N)c1ccc(-c2ccccc2)cc1. The maximum absolute atomic E-state index is 6.17. The first kappa shape index (κ1) is 12.8. The summed E-state index contributed by atoms with van der Waals surface area (Å²) in [4.78, 5) is 0. The van der Waals surface area contributed by atoms with E-state index in [2.05, 4.69) is 55.5 Å². The van der Waals surface area contributed by atoms with Gasteiger partial charge >= 0.3 is 0 Å². The summed E-state index contributed by atoms with van der Waals surface area (Å²) in [6.45, 7) is 2.20. The normalized spacial score (nSPS) is 12.3. The third-order valence-corrected chi connectivity index (χ3v) is 3.31. The highest BCUT2D eigenvalue weighted by atomic mass is 14.6. The van der Waals surface area contributed by atoms with Crippen LogP contribution in [0.25, 0.3) is 11.1 Å². The Morgan fingerprint density at radius 3 is 2.11 bits per heavy atom. The second-order valence-corrected chi connectivity index (χ2v) is 4.74. The standard InChI is InChI=1S/C17H21N/c1-2-3-9-17(18)16-12-10-15(11-13-16)14-7-5-4-6-8-14/h4-8,10-13,17H,2-3,9,18H2,1H3. The number of rotatable bonds is 5. The lowest BCUT2D eigenvalue weighted by Crippen LogP contribution is -2.09. The van der Waals surface area contributed by atoms with E-state index in [-0.39, 0.29) is 6.04 Å². The predicted octanol–water partition coefficient (Wildman–Crippen LogP) is 4.54. The Kier molecular flexibility index (Phi) is 4.54. The van der Waals surface area contributed by atoms with Crippen molar-refractivity contribution in [1.29, 1.82) is 0 Å². The molecule has 0 amide bonds. The summed E-state index contributed by atoms with van der Waals surface area (Å²) in [6, 6.07) is 19.2. The zero-order chi connectivity index (χ0) is 12.8. The van der Waals surface area contributed by atoms with Crippen LogP contribution in [0.2, 0.25) is 0 Å². The van der Waals surface area contributed by atoms with Crippen LogP contribution >= 0.6 is 0 Å². The van der Waals surface area contributed by atoms with E-state index in [0.29, 0.717) is 0 Å². The molecule has 0 aliphatic heterocycles. The van der Waals surface area contributed by atoms with Crippen molar-refractivity contribution in [1.82, 2.24) is 0 Å². The van der Waals surface area contributed by atoms with Crippen molar-refractivity contribution in [3.63, 3.8) is 0 Å². The van der Waals surface area contributed by atoms with Crippen molar-refractivity contribution in [2.75, 3.05) is 0 Å². The van der Waals surface area contributed by atoms with E-state index in [4.69, 9.17) is 5.73 Å². The molecule has 0 saturated heterocycles. The lowest BCUT2D eigenvalue weighted by atomic mass is 9.98. The molecule has 0 heterocycles. The van der Waals surface area contributed by atoms with Gasteiger partial charge in [0, 0.05) is 6.04 Å². The number of unbranched alkanes of at least 4 members (excludes halogenated alkanes) is 1. The maximum Gasteiger partial charge on any atom is 0.0294 e. The Morgan fingerprint density at radius 1 is 0.889 bits per heavy atom. The quantitative estimate of drug-likeness (QED) is 0.814. The van der Waals surface area contributed by atoms with E-state index in [1.54, 1.807) is 0 Å². The molecule has 1 atom stereocenters. The van der Waals surface area contributed by atoms with E-state index < -0.39 is 0 Å². The van der Waals surface area contributed by atoms with E-state index >= 15 is 0 Å². The minimum absolute atomic E-state index is 0.176. The minimum atomic E-state index is 0.176. The Labute approximate surface area is 110 Å². The third kappa shape index (κ3) is 3.21. The van der Waals surface area contributed by atoms with Gasteiger partial charge in [-0.25, -0.2) is 0 Å². The van der Waals surface area contributed by atoms with Crippen LogP contribution in [0.15, 0.2) is 54.6 Å². The molecule has 0 spiro atoms. The summed E-state index contributed by atoms with van der Waals surface area (Å²) in [6.07, 6.45) is 3.47. The van der Waals surface area contributed by atoms with E-state index in [0.717, 1.165) is 6.42 Å². The highest BCUT2D eigenvalue weighted by Gasteiger charge is 2.05.